The van der Waals surface area contributed by atoms with Crippen molar-refractivity contribution < 1.29 is 17.1 Å². The lowest BCUT2D eigenvalue weighted by Crippen LogP contribution is -2.36. The molecule has 0 atom stereocenters. The first kappa shape index (κ1) is 22.3. The Balaban J connectivity index is 1.62. The number of ether oxygens (including phenoxy) is 1. The maximum absolute atomic E-state index is 13.0. The van der Waals surface area contributed by atoms with Gasteiger partial charge in [0.1, 0.15) is 23.4 Å². The molecule has 0 bridgehead atoms. The van der Waals surface area contributed by atoms with Gasteiger partial charge in [-0.25, -0.2) is 0 Å². The highest BCUT2D eigenvalue weighted by Gasteiger charge is 2.36. The summed E-state index contributed by atoms with van der Waals surface area (Å²) in [7, 11) is -3.64. The predicted octanol–water partition coefficient (Wildman–Crippen LogP) is 5.13. The van der Waals surface area contributed by atoms with Crippen LogP contribution in [0.2, 0.25) is 5.02 Å². The van der Waals surface area contributed by atoms with Crippen LogP contribution in [0.3, 0.4) is 0 Å². The molecule has 0 aliphatic heterocycles. The Kier molecular flexibility index (Phi) is 6.84. The lowest BCUT2D eigenvalue weighted by atomic mass is 9.93. The Labute approximate surface area is 183 Å². The van der Waals surface area contributed by atoms with E-state index in [0.29, 0.717) is 35.1 Å². The fourth-order valence-corrected chi connectivity index (χ4v) is 5.23. The van der Waals surface area contributed by atoms with E-state index in [9.17, 15) is 8.42 Å². The largest absolute Gasteiger partial charge is 0.490 e. The Bertz CT molecular complexity index is 1060. The van der Waals surface area contributed by atoms with Crippen molar-refractivity contribution in [1.29, 1.82) is 5.26 Å². The molecule has 1 saturated carbocycles. The molecule has 5 nitrogen and oxygen atoms in total. The summed E-state index contributed by atoms with van der Waals surface area (Å²) in [6, 6.07) is 13.9. The number of halogens is 1. The van der Waals surface area contributed by atoms with Crippen molar-refractivity contribution in [3.8, 4) is 11.8 Å². The molecule has 0 spiro atoms. The smallest absolute Gasteiger partial charge is 0.394 e. The molecule has 7 heteroatoms. The summed E-state index contributed by atoms with van der Waals surface area (Å²) in [5.74, 6) is 0.964. The second-order valence-corrected chi connectivity index (χ2v) is 10.2. The first-order valence-corrected chi connectivity index (χ1v) is 11.9. The monoisotopic (exact) mass is 445 g/mol. The van der Waals surface area contributed by atoms with Gasteiger partial charge in [-0.15, -0.1) is 3.98 Å². The zero-order valence-electron chi connectivity index (χ0n) is 17.2. The minimum Gasteiger partial charge on any atom is -0.490 e. The molecular weight excluding hydrogens is 420 g/mol. The lowest BCUT2D eigenvalue weighted by Gasteiger charge is -2.26. The van der Waals surface area contributed by atoms with Crippen LogP contribution in [0, 0.1) is 11.3 Å². The van der Waals surface area contributed by atoms with Crippen LogP contribution in [0.25, 0.3) is 0 Å². The quantitative estimate of drug-likeness (QED) is 0.456. The zero-order chi connectivity index (χ0) is 21.9. The van der Waals surface area contributed by atoms with E-state index in [4.69, 9.17) is 21.6 Å². The summed E-state index contributed by atoms with van der Waals surface area (Å²) < 4.78 is 33.2. The van der Waals surface area contributed by atoms with Crippen LogP contribution in [-0.2, 0) is 10.0 Å². The van der Waals surface area contributed by atoms with Gasteiger partial charge in [-0.05, 0) is 48.6 Å². The van der Waals surface area contributed by atoms with E-state index < -0.39 is 10.0 Å². The van der Waals surface area contributed by atoms with Crippen LogP contribution < -0.4 is 4.74 Å². The highest BCUT2D eigenvalue weighted by molar-refractivity contribution is 7.85. The number of hydrogen-bond donors (Lipinski definition) is 0. The Morgan fingerprint density at radius 2 is 1.77 bits per heavy atom. The summed E-state index contributed by atoms with van der Waals surface area (Å²) in [5.41, 5.74) is 1.51. The summed E-state index contributed by atoms with van der Waals surface area (Å²) in [6.07, 6.45) is 2.75. The van der Waals surface area contributed by atoms with E-state index in [1.807, 2.05) is 18.2 Å². The molecule has 0 saturated heterocycles. The Morgan fingerprint density at radius 3 is 2.30 bits per heavy atom. The average Bonchev–Trinajstić information content (AvgIpc) is 2.74. The molecule has 0 aromatic heterocycles. The van der Waals surface area contributed by atoms with E-state index in [2.05, 4.69) is 20.6 Å². The highest BCUT2D eigenvalue weighted by Crippen LogP contribution is 2.29. The van der Waals surface area contributed by atoms with Gasteiger partial charge >= 0.3 is 10.0 Å². The minimum absolute atomic E-state index is 0.0216. The van der Waals surface area contributed by atoms with E-state index in [0.717, 1.165) is 18.4 Å². The highest BCUT2D eigenvalue weighted by atomic mass is 35.5. The third-order valence-electron chi connectivity index (χ3n) is 5.57. The second-order valence-electron chi connectivity index (χ2n) is 7.92. The molecule has 0 unspecified atom stereocenters. The van der Waals surface area contributed by atoms with Gasteiger partial charge in [-0.1, -0.05) is 37.6 Å². The molecule has 2 aromatic carbocycles. The number of rotatable bonds is 6. The van der Waals surface area contributed by atoms with Crippen LogP contribution in [0.1, 0.15) is 56.6 Å². The van der Waals surface area contributed by atoms with Gasteiger partial charge < -0.3 is 4.74 Å². The summed E-state index contributed by atoms with van der Waals surface area (Å²) in [5, 5.41) is 9.33. The third-order valence-corrected chi connectivity index (χ3v) is 7.66. The summed E-state index contributed by atoms with van der Waals surface area (Å²) in [4.78, 5) is 0.271. The van der Waals surface area contributed by atoms with Crippen LogP contribution in [0.15, 0.2) is 47.4 Å². The Morgan fingerprint density at radius 1 is 1.13 bits per heavy atom. The van der Waals surface area contributed by atoms with Gasteiger partial charge in [0.15, 0.2) is 6.04 Å². The molecule has 30 heavy (non-hydrogen) atoms. The molecule has 158 valence electrons. The normalized spacial score (nSPS) is 19.3. The van der Waals surface area contributed by atoms with Gasteiger partial charge in [0.05, 0.1) is 16.7 Å². The van der Waals surface area contributed by atoms with E-state index >= 15 is 0 Å². The maximum atomic E-state index is 13.0. The number of nitrogens with zero attached hydrogens (tertiary/aromatic N) is 2. The first-order valence-electron chi connectivity index (χ1n) is 10.0. The van der Waals surface area contributed by atoms with E-state index in [-0.39, 0.29) is 17.0 Å². The summed E-state index contributed by atoms with van der Waals surface area (Å²) >= 11 is 6.06. The molecule has 0 amide bonds. The fourth-order valence-electron chi connectivity index (χ4n) is 3.66. The van der Waals surface area contributed by atoms with Gasteiger partial charge in [0, 0.05) is 18.9 Å². The van der Waals surface area contributed by atoms with Crippen molar-refractivity contribution in [2.24, 2.45) is 0 Å². The maximum Gasteiger partial charge on any atom is 0.394 e. The molecular formula is C23H26ClN2O3S+. The molecule has 2 aromatic rings. The third kappa shape index (κ3) is 4.85. The van der Waals surface area contributed by atoms with Crippen LogP contribution in [0.5, 0.6) is 5.75 Å². The minimum atomic E-state index is -3.64. The van der Waals surface area contributed by atoms with E-state index in [1.54, 1.807) is 30.3 Å². The second kappa shape index (κ2) is 9.20. The molecule has 0 N–H and O–H groups in total. The SMILES string of the molecule is C=[N+](C1CCC(Oc2ccc(C#N)c(Cl)c2)CC1)S(=O)(=O)c1ccc(C(C)C)cc1. The van der Waals surface area contributed by atoms with E-state index in [1.165, 1.54) is 3.98 Å². The zero-order valence-corrected chi connectivity index (χ0v) is 18.8. The first-order chi connectivity index (χ1) is 14.2. The van der Waals surface area contributed by atoms with Gasteiger partial charge in [-0.3, -0.25) is 0 Å². The van der Waals surface area contributed by atoms with Gasteiger partial charge in [0.25, 0.3) is 0 Å². The number of benzene rings is 2. The van der Waals surface area contributed by atoms with Crippen LogP contribution in [-0.4, -0.2) is 31.3 Å². The molecule has 1 fully saturated rings. The molecule has 1 aliphatic carbocycles. The van der Waals surface area contributed by atoms with Crippen LogP contribution in [0.4, 0.5) is 0 Å². The van der Waals surface area contributed by atoms with Gasteiger partial charge in [0.2, 0.25) is 0 Å². The van der Waals surface area contributed by atoms with Crippen molar-refractivity contribution in [1.82, 2.24) is 0 Å². The van der Waals surface area contributed by atoms with Crippen molar-refractivity contribution in [2.75, 3.05) is 0 Å². The summed E-state index contributed by atoms with van der Waals surface area (Å²) in [6.45, 7) is 8.01. The molecule has 3 rings (SSSR count). The van der Waals surface area contributed by atoms with Crippen molar-refractivity contribution in [2.45, 2.75) is 62.5 Å². The molecule has 1 aliphatic rings. The number of nitriles is 1. The predicted molar refractivity (Wildman–Crippen MR) is 118 cm³/mol. The van der Waals surface area contributed by atoms with Crippen LogP contribution >= 0.6 is 11.6 Å². The average molecular weight is 446 g/mol. The molecule has 0 heterocycles. The topological polar surface area (TPSA) is 70.2 Å². The standard InChI is InChI=1S/C23H26ClN2O3S/c1-16(2)17-5-12-22(13-6-17)30(27,28)26(3)19-7-10-20(11-8-19)29-21-9-4-18(15-25)23(24)14-21/h4-6,9,12-14,16,19-20H,3,7-8,10-11H2,1-2H3/q+1. The van der Waals surface area contributed by atoms with Crippen molar-refractivity contribution in [3.63, 3.8) is 0 Å². The Hall–Kier alpha value is -2.36. The fraction of sp³-hybridized carbons (Fsp3) is 0.391. The number of hydrogen-bond acceptors (Lipinski definition) is 4. The molecule has 0 radical (unpaired) electrons. The van der Waals surface area contributed by atoms with Crippen molar-refractivity contribution in [3.05, 3.63) is 58.6 Å². The van der Waals surface area contributed by atoms with Gasteiger partial charge in [-0.2, -0.15) is 13.7 Å². The van der Waals surface area contributed by atoms with Crippen molar-refractivity contribution >= 4 is 28.3 Å². The lowest BCUT2D eigenvalue weighted by molar-refractivity contribution is -0.413. The number of sulfonamides is 1.